The van der Waals surface area contributed by atoms with Gasteiger partial charge in [0.2, 0.25) is 5.91 Å². The summed E-state index contributed by atoms with van der Waals surface area (Å²) in [6.45, 7) is 4.21. The van der Waals surface area contributed by atoms with Gasteiger partial charge in [-0.05, 0) is 26.0 Å². The van der Waals surface area contributed by atoms with Crippen molar-refractivity contribution in [3.8, 4) is 0 Å². The van der Waals surface area contributed by atoms with Crippen LogP contribution in [0.15, 0.2) is 12.1 Å². The molecule has 88 valence electrons. The monoisotopic (exact) mass is 223 g/mol. The van der Waals surface area contributed by atoms with E-state index in [1.807, 2.05) is 6.92 Å². The summed E-state index contributed by atoms with van der Waals surface area (Å²) in [6, 6.07) is 2.96. The molecule has 1 aromatic rings. The fourth-order valence-electron chi connectivity index (χ4n) is 1.18. The maximum absolute atomic E-state index is 11.4. The largest absolute Gasteiger partial charge is 0.396 e. The highest BCUT2D eigenvalue weighted by Gasteiger charge is 2.11. The average molecular weight is 223 g/mol. The lowest BCUT2D eigenvalue weighted by atomic mass is 10.3. The van der Waals surface area contributed by atoms with Gasteiger partial charge in [-0.2, -0.15) is 0 Å². The molecule has 0 saturated carbocycles. The van der Waals surface area contributed by atoms with Gasteiger partial charge in [0.05, 0.1) is 5.69 Å². The van der Waals surface area contributed by atoms with Gasteiger partial charge in [0.1, 0.15) is 17.7 Å². The number of likely N-dealkylation sites (N-methyl/N-ethyl adjacent to an activating group) is 1. The van der Waals surface area contributed by atoms with E-state index in [4.69, 9.17) is 11.5 Å². The Morgan fingerprint density at radius 1 is 1.50 bits per heavy atom. The molecular weight excluding hydrogens is 206 g/mol. The molecule has 1 amide bonds. The Morgan fingerprint density at radius 3 is 2.75 bits per heavy atom. The van der Waals surface area contributed by atoms with Crippen molar-refractivity contribution in [1.82, 2.24) is 10.3 Å². The molecule has 6 N–H and O–H groups in total. The minimum atomic E-state index is -0.365. The van der Waals surface area contributed by atoms with Crippen molar-refractivity contribution < 1.29 is 4.79 Å². The number of aromatic nitrogens is 1. The van der Waals surface area contributed by atoms with Crippen LogP contribution < -0.4 is 22.1 Å². The second-order valence-electron chi connectivity index (χ2n) is 3.43. The number of pyridine rings is 1. The fourth-order valence-corrected chi connectivity index (χ4v) is 1.18. The molecule has 16 heavy (non-hydrogen) atoms. The molecule has 0 aliphatic heterocycles. The van der Waals surface area contributed by atoms with Crippen molar-refractivity contribution in [1.29, 1.82) is 0 Å². The molecule has 0 aromatic carbocycles. The van der Waals surface area contributed by atoms with Crippen LogP contribution in [-0.2, 0) is 4.79 Å². The molecule has 0 saturated heterocycles. The van der Waals surface area contributed by atoms with Crippen LogP contribution in [0.1, 0.15) is 13.8 Å². The summed E-state index contributed by atoms with van der Waals surface area (Å²) < 4.78 is 0. The number of hydrogen-bond acceptors (Lipinski definition) is 5. The van der Waals surface area contributed by atoms with Crippen LogP contribution in [0.3, 0.4) is 0 Å². The van der Waals surface area contributed by atoms with E-state index in [-0.39, 0.29) is 17.8 Å². The summed E-state index contributed by atoms with van der Waals surface area (Å²) in [4.78, 5) is 15.5. The second-order valence-corrected chi connectivity index (χ2v) is 3.43. The number of amides is 1. The van der Waals surface area contributed by atoms with Crippen molar-refractivity contribution >= 4 is 23.2 Å². The third kappa shape index (κ3) is 3.01. The lowest BCUT2D eigenvalue weighted by molar-refractivity contribution is -0.121. The molecule has 1 heterocycles. The van der Waals surface area contributed by atoms with Gasteiger partial charge in [-0.1, -0.05) is 0 Å². The first-order valence-electron chi connectivity index (χ1n) is 5.10. The predicted molar refractivity (Wildman–Crippen MR) is 64.8 cm³/mol. The SMILES string of the molecule is CCNC(=O)C(C)Nc1ccc(N)c(N)n1. The number of carbonyl (C=O) groups is 1. The Labute approximate surface area is 94.4 Å². The number of hydrogen-bond donors (Lipinski definition) is 4. The van der Waals surface area contributed by atoms with Crippen LogP contribution in [0.25, 0.3) is 0 Å². The maximum atomic E-state index is 11.4. The first kappa shape index (κ1) is 12.1. The molecule has 1 atom stereocenters. The number of carbonyl (C=O) groups excluding carboxylic acids is 1. The smallest absolute Gasteiger partial charge is 0.242 e. The van der Waals surface area contributed by atoms with Crippen LogP contribution in [0.2, 0.25) is 0 Å². The van der Waals surface area contributed by atoms with E-state index in [2.05, 4.69) is 15.6 Å². The summed E-state index contributed by atoms with van der Waals surface area (Å²) in [6.07, 6.45) is 0. The zero-order chi connectivity index (χ0) is 12.1. The molecule has 6 heteroatoms. The molecule has 0 bridgehead atoms. The maximum Gasteiger partial charge on any atom is 0.242 e. The van der Waals surface area contributed by atoms with Crippen LogP contribution in [0.4, 0.5) is 17.3 Å². The Bertz CT molecular complexity index is 379. The predicted octanol–water partition coefficient (Wildman–Crippen LogP) is 0.183. The van der Waals surface area contributed by atoms with Crippen molar-refractivity contribution in [2.45, 2.75) is 19.9 Å². The highest BCUT2D eigenvalue weighted by molar-refractivity contribution is 5.84. The van der Waals surface area contributed by atoms with Crippen molar-refractivity contribution in [2.75, 3.05) is 23.3 Å². The molecule has 1 rings (SSSR count). The van der Waals surface area contributed by atoms with E-state index < -0.39 is 0 Å². The highest BCUT2D eigenvalue weighted by Crippen LogP contribution is 2.15. The highest BCUT2D eigenvalue weighted by atomic mass is 16.2. The number of nitrogens with two attached hydrogens (primary N) is 2. The second kappa shape index (κ2) is 5.20. The quantitative estimate of drug-likeness (QED) is 0.582. The first-order chi connectivity index (χ1) is 7.54. The average Bonchev–Trinajstić information content (AvgIpc) is 2.24. The Kier molecular flexibility index (Phi) is 3.93. The molecule has 0 radical (unpaired) electrons. The van der Waals surface area contributed by atoms with Crippen molar-refractivity contribution in [3.63, 3.8) is 0 Å². The van der Waals surface area contributed by atoms with Crippen LogP contribution >= 0.6 is 0 Å². The minimum Gasteiger partial charge on any atom is -0.396 e. The fraction of sp³-hybridized carbons (Fsp3) is 0.400. The Hall–Kier alpha value is -1.98. The van der Waals surface area contributed by atoms with E-state index in [9.17, 15) is 4.79 Å². The van der Waals surface area contributed by atoms with Crippen LogP contribution in [0, 0.1) is 0 Å². The lowest BCUT2D eigenvalue weighted by Crippen LogP contribution is -2.37. The zero-order valence-corrected chi connectivity index (χ0v) is 9.45. The molecule has 1 aromatic heterocycles. The lowest BCUT2D eigenvalue weighted by Gasteiger charge is -2.14. The number of rotatable bonds is 4. The first-order valence-corrected chi connectivity index (χ1v) is 5.10. The third-order valence-corrected chi connectivity index (χ3v) is 2.07. The van der Waals surface area contributed by atoms with Gasteiger partial charge in [0.15, 0.2) is 0 Å². The summed E-state index contributed by atoms with van der Waals surface area (Å²) in [5.74, 6) is 0.707. The molecule has 0 spiro atoms. The summed E-state index contributed by atoms with van der Waals surface area (Å²) >= 11 is 0. The van der Waals surface area contributed by atoms with Crippen LogP contribution in [-0.4, -0.2) is 23.5 Å². The van der Waals surface area contributed by atoms with Gasteiger partial charge in [-0.3, -0.25) is 4.79 Å². The van der Waals surface area contributed by atoms with Crippen molar-refractivity contribution in [2.24, 2.45) is 0 Å². The molecule has 0 aliphatic rings. The van der Waals surface area contributed by atoms with Crippen molar-refractivity contribution in [3.05, 3.63) is 12.1 Å². The number of nitrogens with one attached hydrogen (secondary N) is 2. The van der Waals surface area contributed by atoms with Crippen LogP contribution in [0.5, 0.6) is 0 Å². The summed E-state index contributed by atoms with van der Waals surface area (Å²) in [5.41, 5.74) is 11.5. The Morgan fingerprint density at radius 2 is 2.19 bits per heavy atom. The van der Waals surface area contributed by atoms with Gasteiger partial charge in [-0.25, -0.2) is 4.98 Å². The topological polar surface area (TPSA) is 106 Å². The van der Waals surface area contributed by atoms with Gasteiger partial charge < -0.3 is 22.1 Å². The summed E-state index contributed by atoms with van der Waals surface area (Å²) in [5, 5.41) is 5.64. The van der Waals surface area contributed by atoms with E-state index >= 15 is 0 Å². The van der Waals surface area contributed by atoms with Gasteiger partial charge in [-0.15, -0.1) is 0 Å². The van der Waals surface area contributed by atoms with Gasteiger partial charge >= 0.3 is 0 Å². The van der Waals surface area contributed by atoms with E-state index in [1.165, 1.54) is 0 Å². The van der Waals surface area contributed by atoms with E-state index in [0.29, 0.717) is 18.1 Å². The normalized spacial score (nSPS) is 11.9. The molecule has 6 nitrogen and oxygen atoms in total. The zero-order valence-electron chi connectivity index (χ0n) is 9.45. The molecule has 1 unspecified atom stereocenters. The summed E-state index contributed by atoms with van der Waals surface area (Å²) in [7, 11) is 0. The van der Waals surface area contributed by atoms with E-state index in [0.717, 1.165) is 0 Å². The number of nitrogens with zero attached hydrogens (tertiary/aromatic N) is 1. The minimum absolute atomic E-state index is 0.0836. The Balaban J connectivity index is 2.66. The molecule has 0 fully saturated rings. The number of anilines is 3. The molecular formula is C10H17N5O. The van der Waals surface area contributed by atoms with E-state index in [1.54, 1.807) is 19.1 Å². The standard InChI is InChI=1S/C10H17N5O/c1-3-13-10(16)6(2)14-8-5-4-7(11)9(12)15-8/h4-6H,3,11H2,1-2H3,(H,13,16)(H3,12,14,15). The number of nitrogen functional groups attached to an aromatic ring is 2. The van der Waals surface area contributed by atoms with Gasteiger partial charge in [0.25, 0.3) is 0 Å². The van der Waals surface area contributed by atoms with Gasteiger partial charge in [0, 0.05) is 6.54 Å². The molecule has 0 aliphatic carbocycles. The third-order valence-electron chi connectivity index (χ3n) is 2.07.